The summed E-state index contributed by atoms with van der Waals surface area (Å²) in [6.45, 7) is 0. The van der Waals surface area contributed by atoms with E-state index in [1.165, 1.54) is 6.33 Å². The first-order valence-corrected chi connectivity index (χ1v) is 6.47. The molecule has 0 aliphatic carbocycles. The van der Waals surface area contributed by atoms with Gasteiger partial charge in [-0.2, -0.15) is 5.10 Å². The maximum Gasteiger partial charge on any atom is 0.182 e. The van der Waals surface area contributed by atoms with Crippen LogP contribution in [0.3, 0.4) is 0 Å². The number of ether oxygens (including phenoxy) is 2. The second-order valence-corrected chi connectivity index (χ2v) is 4.31. The largest absolute Gasteiger partial charge is 0.493 e. The quantitative estimate of drug-likeness (QED) is 0.551. The van der Waals surface area contributed by atoms with Gasteiger partial charge in [0.15, 0.2) is 23.0 Å². The van der Waals surface area contributed by atoms with Crippen molar-refractivity contribution in [3.05, 3.63) is 36.4 Å². The first kappa shape index (κ1) is 13.8. The van der Waals surface area contributed by atoms with Crippen molar-refractivity contribution in [2.75, 3.05) is 19.6 Å². The van der Waals surface area contributed by atoms with E-state index in [1.54, 1.807) is 26.8 Å². The van der Waals surface area contributed by atoms with Crippen molar-refractivity contribution in [2.24, 2.45) is 5.10 Å². The Morgan fingerprint density at radius 1 is 1.14 bits per heavy atom. The van der Waals surface area contributed by atoms with Gasteiger partial charge in [-0.25, -0.2) is 15.0 Å². The summed E-state index contributed by atoms with van der Waals surface area (Å²) in [6.07, 6.45) is 4.65. The highest BCUT2D eigenvalue weighted by molar-refractivity contribution is 5.84. The fourth-order valence-corrected chi connectivity index (χ4v) is 1.95. The van der Waals surface area contributed by atoms with Gasteiger partial charge in [0.05, 0.1) is 26.8 Å². The molecule has 0 atom stereocenters. The molecule has 22 heavy (non-hydrogen) atoms. The summed E-state index contributed by atoms with van der Waals surface area (Å²) in [5.74, 6) is 1.87. The molecule has 8 heteroatoms. The molecular formula is C14H14N6O2. The van der Waals surface area contributed by atoms with E-state index in [0.29, 0.717) is 28.5 Å². The zero-order valence-electron chi connectivity index (χ0n) is 12.1. The van der Waals surface area contributed by atoms with Gasteiger partial charge in [0.1, 0.15) is 11.8 Å². The highest BCUT2D eigenvalue weighted by Gasteiger charge is 2.05. The Labute approximate surface area is 126 Å². The lowest BCUT2D eigenvalue weighted by atomic mass is 10.2. The van der Waals surface area contributed by atoms with Crippen molar-refractivity contribution >= 4 is 23.2 Å². The summed E-state index contributed by atoms with van der Waals surface area (Å²) in [5.41, 5.74) is 5.01. The van der Waals surface area contributed by atoms with E-state index in [4.69, 9.17) is 9.47 Å². The predicted octanol–water partition coefficient (Wildman–Crippen LogP) is 1.82. The predicted molar refractivity (Wildman–Crippen MR) is 82.4 cm³/mol. The van der Waals surface area contributed by atoms with Crippen LogP contribution in [0.5, 0.6) is 11.5 Å². The molecule has 0 bridgehead atoms. The van der Waals surface area contributed by atoms with E-state index in [0.717, 1.165) is 5.56 Å². The van der Waals surface area contributed by atoms with Crippen molar-refractivity contribution in [2.45, 2.75) is 0 Å². The van der Waals surface area contributed by atoms with E-state index in [-0.39, 0.29) is 0 Å². The SMILES string of the molecule is COc1ccc(/C=N\Nc2ncnc3nc[nH]c23)cc1OC. The lowest BCUT2D eigenvalue weighted by Crippen LogP contribution is -1.96. The average Bonchev–Trinajstić information content (AvgIpc) is 3.04. The monoisotopic (exact) mass is 298 g/mol. The molecule has 3 rings (SSSR count). The molecule has 2 N–H and O–H groups in total. The molecule has 0 aliphatic rings. The minimum Gasteiger partial charge on any atom is -0.493 e. The van der Waals surface area contributed by atoms with Crippen molar-refractivity contribution in [3.63, 3.8) is 0 Å². The van der Waals surface area contributed by atoms with Crippen LogP contribution in [0.4, 0.5) is 5.82 Å². The molecular weight excluding hydrogens is 284 g/mol. The van der Waals surface area contributed by atoms with Gasteiger partial charge in [-0.15, -0.1) is 0 Å². The minimum atomic E-state index is 0.555. The highest BCUT2D eigenvalue weighted by atomic mass is 16.5. The topological polar surface area (TPSA) is 97.3 Å². The van der Waals surface area contributed by atoms with E-state index < -0.39 is 0 Å². The normalized spacial score (nSPS) is 11.0. The minimum absolute atomic E-state index is 0.555. The van der Waals surface area contributed by atoms with Crippen LogP contribution in [0, 0.1) is 0 Å². The van der Waals surface area contributed by atoms with Gasteiger partial charge in [-0.3, -0.25) is 5.43 Å². The van der Waals surface area contributed by atoms with Gasteiger partial charge in [-0.05, 0) is 23.8 Å². The van der Waals surface area contributed by atoms with Crippen molar-refractivity contribution < 1.29 is 9.47 Å². The molecule has 0 amide bonds. The smallest absolute Gasteiger partial charge is 0.182 e. The first-order chi connectivity index (χ1) is 10.8. The second kappa shape index (κ2) is 6.08. The van der Waals surface area contributed by atoms with Crippen LogP contribution in [0.15, 0.2) is 36.0 Å². The summed E-state index contributed by atoms with van der Waals surface area (Å²) in [6, 6.07) is 5.52. The number of rotatable bonds is 5. The number of aromatic amines is 1. The van der Waals surface area contributed by atoms with E-state index >= 15 is 0 Å². The van der Waals surface area contributed by atoms with Gasteiger partial charge < -0.3 is 14.5 Å². The van der Waals surface area contributed by atoms with Crippen LogP contribution < -0.4 is 14.9 Å². The summed E-state index contributed by atoms with van der Waals surface area (Å²) >= 11 is 0. The number of hydrazone groups is 1. The van der Waals surface area contributed by atoms with Crippen molar-refractivity contribution in [3.8, 4) is 11.5 Å². The Balaban J connectivity index is 1.78. The zero-order chi connectivity index (χ0) is 15.4. The molecule has 0 saturated heterocycles. The highest BCUT2D eigenvalue weighted by Crippen LogP contribution is 2.26. The Kier molecular flexibility index (Phi) is 3.82. The summed E-state index contributed by atoms with van der Waals surface area (Å²) in [4.78, 5) is 15.2. The molecule has 0 saturated carbocycles. The molecule has 112 valence electrons. The molecule has 0 spiro atoms. The van der Waals surface area contributed by atoms with E-state index in [2.05, 4.69) is 30.5 Å². The molecule has 0 fully saturated rings. The summed E-state index contributed by atoms with van der Waals surface area (Å²) < 4.78 is 10.4. The summed E-state index contributed by atoms with van der Waals surface area (Å²) in [5, 5.41) is 4.16. The lowest BCUT2D eigenvalue weighted by molar-refractivity contribution is 0.355. The third-order valence-corrected chi connectivity index (χ3v) is 3.01. The standard InChI is InChI=1S/C14H14N6O2/c1-21-10-4-3-9(5-11(10)22-2)6-19-20-14-12-13(16-7-15-12)17-8-18-14/h3-8H,1-2H3,(H2,15,16,17,18,20)/b19-6-. The van der Waals surface area contributed by atoms with Crippen LogP contribution >= 0.6 is 0 Å². The Hall–Kier alpha value is -3.16. The summed E-state index contributed by atoms with van der Waals surface area (Å²) in [7, 11) is 3.19. The van der Waals surface area contributed by atoms with E-state index in [1.807, 2.05) is 18.2 Å². The van der Waals surface area contributed by atoms with Crippen LogP contribution in [-0.2, 0) is 0 Å². The molecule has 3 aromatic rings. The molecule has 1 aromatic carbocycles. The van der Waals surface area contributed by atoms with E-state index in [9.17, 15) is 0 Å². The Bertz CT molecular complexity index is 814. The van der Waals surface area contributed by atoms with Gasteiger partial charge in [0.2, 0.25) is 0 Å². The number of fused-ring (bicyclic) bond motifs is 1. The molecule has 0 aliphatic heterocycles. The molecule has 0 radical (unpaired) electrons. The lowest BCUT2D eigenvalue weighted by Gasteiger charge is -2.07. The molecule has 8 nitrogen and oxygen atoms in total. The number of hydrogen-bond acceptors (Lipinski definition) is 7. The molecule has 2 heterocycles. The van der Waals surface area contributed by atoms with Crippen molar-refractivity contribution in [1.29, 1.82) is 0 Å². The Morgan fingerprint density at radius 2 is 2.00 bits per heavy atom. The number of imidazole rings is 1. The maximum absolute atomic E-state index is 5.25. The number of hydrogen-bond donors (Lipinski definition) is 2. The zero-order valence-corrected chi connectivity index (χ0v) is 12.1. The second-order valence-electron chi connectivity index (χ2n) is 4.31. The van der Waals surface area contributed by atoms with Gasteiger partial charge >= 0.3 is 0 Å². The van der Waals surface area contributed by atoms with Crippen molar-refractivity contribution in [1.82, 2.24) is 19.9 Å². The fraction of sp³-hybridized carbons (Fsp3) is 0.143. The Morgan fingerprint density at radius 3 is 2.82 bits per heavy atom. The number of aromatic nitrogens is 4. The number of nitrogens with one attached hydrogen (secondary N) is 2. The number of H-pyrrole nitrogens is 1. The maximum atomic E-state index is 5.25. The molecule has 0 unspecified atom stereocenters. The number of anilines is 1. The van der Waals surface area contributed by atoms with Crippen LogP contribution in [0.2, 0.25) is 0 Å². The number of benzene rings is 1. The number of nitrogens with zero attached hydrogens (tertiary/aromatic N) is 4. The molecule has 2 aromatic heterocycles. The van der Waals surface area contributed by atoms with Gasteiger partial charge in [-0.1, -0.05) is 0 Å². The number of methoxy groups -OCH3 is 2. The van der Waals surface area contributed by atoms with Gasteiger partial charge in [0.25, 0.3) is 0 Å². The van der Waals surface area contributed by atoms with Crippen LogP contribution in [0.25, 0.3) is 11.2 Å². The fourth-order valence-electron chi connectivity index (χ4n) is 1.95. The first-order valence-electron chi connectivity index (χ1n) is 6.47. The van der Waals surface area contributed by atoms with Gasteiger partial charge in [0, 0.05) is 0 Å². The van der Waals surface area contributed by atoms with Crippen LogP contribution in [0.1, 0.15) is 5.56 Å². The average molecular weight is 298 g/mol. The third-order valence-electron chi connectivity index (χ3n) is 3.01. The third kappa shape index (κ3) is 2.66. The van der Waals surface area contributed by atoms with Crippen LogP contribution in [-0.4, -0.2) is 40.4 Å².